The third kappa shape index (κ3) is 4.01. The van der Waals surface area contributed by atoms with Crippen LogP contribution in [0.3, 0.4) is 0 Å². The predicted molar refractivity (Wildman–Crippen MR) is 88.8 cm³/mol. The molecule has 0 unspecified atom stereocenters. The smallest absolute Gasteiger partial charge is 0.269 e. The van der Waals surface area contributed by atoms with Crippen LogP contribution in [-0.2, 0) is 13.1 Å². The summed E-state index contributed by atoms with van der Waals surface area (Å²) in [5, 5.41) is 21.5. The van der Waals surface area contributed by atoms with Gasteiger partial charge in [0.25, 0.3) is 5.69 Å². The number of nitrogens with zero attached hydrogens (tertiary/aromatic N) is 3. The molecule has 0 bridgehead atoms. The number of nitro groups is 1. The number of rotatable bonds is 5. The summed E-state index contributed by atoms with van der Waals surface area (Å²) in [6.45, 7) is 5.39. The zero-order valence-corrected chi connectivity index (χ0v) is 13.2. The zero-order chi connectivity index (χ0) is 16.1. The molecule has 22 heavy (non-hydrogen) atoms. The molecule has 2 rings (SSSR count). The van der Waals surface area contributed by atoms with Gasteiger partial charge in [-0.3, -0.25) is 14.8 Å². The molecule has 0 spiro atoms. The lowest BCUT2D eigenvalue weighted by Gasteiger charge is -2.09. The highest BCUT2D eigenvalue weighted by molar-refractivity contribution is 7.80. The highest BCUT2D eigenvalue weighted by Crippen LogP contribution is 2.15. The minimum atomic E-state index is -0.436. The van der Waals surface area contributed by atoms with Crippen molar-refractivity contribution in [2.24, 2.45) is 0 Å². The summed E-state index contributed by atoms with van der Waals surface area (Å²) in [5.74, 6) is 0. The Kier molecular flexibility index (Phi) is 5.05. The molecular weight excluding hydrogens is 302 g/mol. The van der Waals surface area contributed by atoms with E-state index < -0.39 is 4.92 Å². The summed E-state index contributed by atoms with van der Waals surface area (Å²) in [5.41, 5.74) is 2.79. The molecule has 2 N–H and O–H groups in total. The molecule has 2 aromatic rings. The number of nitrogens with one attached hydrogen (secondary N) is 2. The summed E-state index contributed by atoms with van der Waals surface area (Å²) in [6, 6.07) is 6.10. The predicted octanol–water partition coefficient (Wildman–Crippen LogP) is 2.61. The Balaban J connectivity index is 1.89. The molecule has 0 radical (unpaired) electrons. The average molecular weight is 319 g/mol. The molecule has 0 aliphatic heterocycles. The van der Waals surface area contributed by atoms with Gasteiger partial charge >= 0.3 is 0 Å². The Bertz CT molecular complexity index is 681. The van der Waals surface area contributed by atoms with Crippen LogP contribution in [0, 0.1) is 17.0 Å². The third-order valence-corrected chi connectivity index (χ3v) is 3.39. The van der Waals surface area contributed by atoms with Gasteiger partial charge in [0.15, 0.2) is 5.11 Å². The Hall–Kier alpha value is -2.48. The number of hydrogen-bond acceptors (Lipinski definition) is 4. The molecule has 0 amide bonds. The van der Waals surface area contributed by atoms with Crippen LogP contribution < -0.4 is 10.6 Å². The fourth-order valence-electron chi connectivity index (χ4n) is 1.91. The van der Waals surface area contributed by atoms with Gasteiger partial charge in [0.2, 0.25) is 0 Å². The van der Waals surface area contributed by atoms with Gasteiger partial charge in [-0.1, -0.05) is 0 Å². The molecule has 7 nitrogen and oxygen atoms in total. The second-order valence-corrected chi connectivity index (χ2v) is 5.12. The van der Waals surface area contributed by atoms with Crippen molar-refractivity contribution >= 4 is 28.7 Å². The first-order valence-corrected chi connectivity index (χ1v) is 7.22. The number of aryl methyl sites for hydroxylation is 2. The van der Waals surface area contributed by atoms with Gasteiger partial charge in [-0.05, 0) is 38.2 Å². The number of thiocarbonyl (C=S) groups is 1. The van der Waals surface area contributed by atoms with Gasteiger partial charge in [-0.2, -0.15) is 5.10 Å². The van der Waals surface area contributed by atoms with Crippen LogP contribution in [0.2, 0.25) is 0 Å². The molecule has 1 aromatic heterocycles. The molecule has 1 aromatic carbocycles. The fraction of sp³-hybridized carbons (Fsp3) is 0.286. The SMILES string of the molecule is CCn1cc(CNC(=S)Nc2ccc([N+](=O)[O-])cc2)c(C)n1. The van der Waals surface area contributed by atoms with Crippen molar-refractivity contribution in [1.29, 1.82) is 0 Å². The van der Waals surface area contributed by atoms with Crippen molar-refractivity contribution in [3.63, 3.8) is 0 Å². The summed E-state index contributed by atoms with van der Waals surface area (Å²) in [4.78, 5) is 10.2. The molecular formula is C14H17N5O2S. The van der Waals surface area contributed by atoms with E-state index in [1.165, 1.54) is 12.1 Å². The van der Waals surface area contributed by atoms with E-state index in [-0.39, 0.29) is 5.69 Å². The number of hydrogen-bond donors (Lipinski definition) is 2. The lowest BCUT2D eigenvalue weighted by molar-refractivity contribution is -0.384. The molecule has 0 atom stereocenters. The second-order valence-electron chi connectivity index (χ2n) is 4.71. The lowest BCUT2D eigenvalue weighted by Crippen LogP contribution is -2.27. The van der Waals surface area contributed by atoms with E-state index in [4.69, 9.17) is 12.2 Å². The summed E-state index contributed by atoms with van der Waals surface area (Å²) < 4.78 is 1.87. The van der Waals surface area contributed by atoms with E-state index in [1.54, 1.807) is 12.1 Å². The van der Waals surface area contributed by atoms with Crippen LogP contribution in [-0.4, -0.2) is 19.8 Å². The van der Waals surface area contributed by atoms with Crippen LogP contribution in [0.5, 0.6) is 0 Å². The Morgan fingerprint density at radius 3 is 2.64 bits per heavy atom. The molecule has 0 aliphatic rings. The van der Waals surface area contributed by atoms with Crippen molar-refractivity contribution in [3.05, 3.63) is 51.8 Å². The molecule has 0 saturated heterocycles. The van der Waals surface area contributed by atoms with Crippen LogP contribution in [0.4, 0.5) is 11.4 Å². The Morgan fingerprint density at radius 2 is 2.09 bits per heavy atom. The second kappa shape index (κ2) is 6.99. The van der Waals surface area contributed by atoms with E-state index in [0.29, 0.717) is 17.3 Å². The van der Waals surface area contributed by atoms with Gasteiger partial charge in [0.1, 0.15) is 0 Å². The van der Waals surface area contributed by atoms with E-state index in [2.05, 4.69) is 15.7 Å². The first-order chi connectivity index (χ1) is 10.5. The highest BCUT2D eigenvalue weighted by Gasteiger charge is 2.06. The highest BCUT2D eigenvalue weighted by atomic mass is 32.1. The Labute approximate surface area is 133 Å². The largest absolute Gasteiger partial charge is 0.358 e. The van der Waals surface area contributed by atoms with Crippen molar-refractivity contribution in [2.45, 2.75) is 26.9 Å². The zero-order valence-electron chi connectivity index (χ0n) is 12.4. The summed E-state index contributed by atoms with van der Waals surface area (Å²) >= 11 is 5.21. The van der Waals surface area contributed by atoms with E-state index >= 15 is 0 Å². The van der Waals surface area contributed by atoms with Crippen LogP contribution >= 0.6 is 12.2 Å². The summed E-state index contributed by atoms with van der Waals surface area (Å²) in [6.07, 6.45) is 1.98. The number of nitro benzene ring substituents is 1. The van der Waals surface area contributed by atoms with Gasteiger partial charge in [0, 0.05) is 42.7 Å². The van der Waals surface area contributed by atoms with Gasteiger partial charge < -0.3 is 10.6 Å². The number of non-ortho nitro benzene ring substituents is 1. The normalized spacial score (nSPS) is 10.3. The van der Waals surface area contributed by atoms with Crippen molar-refractivity contribution in [3.8, 4) is 0 Å². The molecule has 0 fully saturated rings. The molecule has 0 saturated carbocycles. The molecule has 1 heterocycles. The van der Waals surface area contributed by atoms with Crippen molar-refractivity contribution < 1.29 is 4.92 Å². The minimum absolute atomic E-state index is 0.0482. The number of anilines is 1. The maximum atomic E-state index is 10.6. The summed E-state index contributed by atoms with van der Waals surface area (Å²) in [7, 11) is 0. The maximum Gasteiger partial charge on any atom is 0.269 e. The van der Waals surface area contributed by atoms with Gasteiger partial charge in [-0.25, -0.2) is 0 Å². The van der Waals surface area contributed by atoms with Crippen LogP contribution in [0.25, 0.3) is 0 Å². The molecule has 8 heteroatoms. The van der Waals surface area contributed by atoms with Crippen molar-refractivity contribution in [2.75, 3.05) is 5.32 Å². The topological polar surface area (TPSA) is 85.0 Å². The van der Waals surface area contributed by atoms with E-state index in [9.17, 15) is 10.1 Å². The third-order valence-electron chi connectivity index (χ3n) is 3.15. The quantitative estimate of drug-likeness (QED) is 0.500. The van der Waals surface area contributed by atoms with Gasteiger partial charge in [-0.15, -0.1) is 0 Å². The lowest BCUT2D eigenvalue weighted by atomic mass is 10.2. The number of benzene rings is 1. The van der Waals surface area contributed by atoms with Crippen LogP contribution in [0.15, 0.2) is 30.5 Å². The number of aromatic nitrogens is 2. The first-order valence-electron chi connectivity index (χ1n) is 6.82. The fourth-order valence-corrected chi connectivity index (χ4v) is 2.10. The first kappa shape index (κ1) is 15.9. The van der Waals surface area contributed by atoms with E-state index in [1.807, 2.05) is 24.7 Å². The van der Waals surface area contributed by atoms with Crippen molar-refractivity contribution in [1.82, 2.24) is 15.1 Å². The monoisotopic (exact) mass is 319 g/mol. The van der Waals surface area contributed by atoms with E-state index in [0.717, 1.165) is 17.8 Å². The van der Waals surface area contributed by atoms with Crippen LogP contribution in [0.1, 0.15) is 18.2 Å². The molecule has 0 aliphatic carbocycles. The molecule has 116 valence electrons. The standard InChI is InChI=1S/C14H17N5O2S/c1-3-18-9-11(10(2)17-18)8-15-14(22)16-12-4-6-13(7-5-12)19(20)21/h4-7,9H,3,8H2,1-2H3,(H2,15,16,22). The maximum absolute atomic E-state index is 10.6. The van der Waals surface area contributed by atoms with Gasteiger partial charge in [0.05, 0.1) is 10.6 Å². The Morgan fingerprint density at radius 1 is 1.41 bits per heavy atom. The average Bonchev–Trinajstić information content (AvgIpc) is 2.86. The minimum Gasteiger partial charge on any atom is -0.358 e.